The summed E-state index contributed by atoms with van der Waals surface area (Å²) >= 11 is 0. The zero-order valence-corrected chi connectivity index (χ0v) is 9.18. The lowest BCUT2D eigenvalue weighted by atomic mass is 9.92. The number of rotatable bonds is 3. The highest BCUT2D eigenvalue weighted by molar-refractivity contribution is 6.55. The van der Waals surface area contributed by atoms with E-state index in [9.17, 15) is 14.4 Å². The van der Waals surface area contributed by atoms with Crippen LogP contribution in [0.5, 0.6) is 0 Å². The molecule has 0 aromatic rings. The van der Waals surface area contributed by atoms with E-state index in [0.717, 1.165) is 0 Å². The van der Waals surface area contributed by atoms with Gasteiger partial charge in [0.15, 0.2) is 0 Å². The Kier molecular flexibility index (Phi) is 3.36. The molecule has 1 rings (SSSR count). The Morgan fingerprint density at radius 1 is 1.25 bits per heavy atom. The van der Waals surface area contributed by atoms with Gasteiger partial charge in [0.25, 0.3) is 0 Å². The SMILES string of the molecule is CC(C)(C)C(=CC=O)OB1OC(=O)C(=O)O1. The van der Waals surface area contributed by atoms with Crippen LogP contribution in [0.1, 0.15) is 20.8 Å². The number of aldehydes is 1. The van der Waals surface area contributed by atoms with Gasteiger partial charge in [-0.3, -0.25) is 4.79 Å². The molecule has 1 fully saturated rings. The maximum atomic E-state index is 10.7. The fraction of sp³-hybridized carbons (Fsp3) is 0.444. The van der Waals surface area contributed by atoms with Gasteiger partial charge in [-0.15, -0.1) is 0 Å². The third kappa shape index (κ3) is 2.85. The van der Waals surface area contributed by atoms with E-state index in [1.807, 2.05) is 0 Å². The Morgan fingerprint density at radius 2 is 1.75 bits per heavy atom. The van der Waals surface area contributed by atoms with Crippen molar-refractivity contribution in [2.45, 2.75) is 20.8 Å². The summed E-state index contributed by atoms with van der Waals surface area (Å²) in [5.41, 5.74) is -0.470. The van der Waals surface area contributed by atoms with Crippen molar-refractivity contribution < 1.29 is 28.3 Å². The van der Waals surface area contributed by atoms with Gasteiger partial charge in [-0.25, -0.2) is 9.59 Å². The molecule has 0 N–H and O–H groups in total. The van der Waals surface area contributed by atoms with Crippen molar-refractivity contribution in [2.24, 2.45) is 5.41 Å². The van der Waals surface area contributed by atoms with Crippen molar-refractivity contribution >= 4 is 25.5 Å². The maximum Gasteiger partial charge on any atom is 0.868 e. The zero-order valence-electron chi connectivity index (χ0n) is 9.18. The molecule has 7 heteroatoms. The Labute approximate surface area is 92.7 Å². The molecule has 0 aliphatic carbocycles. The van der Waals surface area contributed by atoms with E-state index in [4.69, 9.17) is 4.65 Å². The largest absolute Gasteiger partial charge is 0.868 e. The topological polar surface area (TPSA) is 78.9 Å². The molecule has 0 aromatic heterocycles. The summed E-state index contributed by atoms with van der Waals surface area (Å²) in [5.74, 6) is -1.95. The fourth-order valence-electron chi connectivity index (χ4n) is 0.975. The van der Waals surface area contributed by atoms with Gasteiger partial charge in [0.2, 0.25) is 0 Å². The third-order valence-corrected chi connectivity index (χ3v) is 1.75. The molecule has 0 saturated carbocycles. The van der Waals surface area contributed by atoms with Crippen LogP contribution in [0.3, 0.4) is 0 Å². The molecule has 1 saturated heterocycles. The normalized spacial score (nSPS) is 16.9. The zero-order chi connectivity index (χ0) is 12.3. The summed E-state index contributed by atoms with van der Waals surface area (Å²) in [4.78, 5) is 31.8. The van der Waals surface area contributed by atoms with Gasteiger partial charge in [0.05, 0.1) is 5.76 Å². The highest BCUT2D eigenvalue weighted by atomic mass is 16.8. The monoisotopic (exact) mass is 226 g/mol. The van der Waals surface area contributed by atoms with E-state index >= 15 is 0 Å². The summed E-state index contributed by atoms with van der Waals surface area (Å²) in [7, 11) is -1.41. The average molecular weight is 226 g/mol. The van der Waals surface area contributed by atoms with Crippen LogP contribution in [0.4, 0.5) is 0 Å². The van der Waals surface area contributed by atoms with Gasteiger partial charge in [0.1, 0.15) is 6.29 Å². The lowest BCUT2D eigenvalue weighted by Gasteiger charge is -2.22. The summed E-state index contributed by atoms with van der Waals surface area (Å²) in [6.45, 7) is 5.38. The van der Waals surface area contributed by atoms with Gasteiger partial charge < -0.3 is 14.0 Å². The van der Waals surface area contributed by atoms with Gasteiger partial charge in [0, 0.05) is 11.5 Å². The van der Waals surface area contributed by atoms with Crippen molar-refractivity contribution in [1.82, 2.24) is 0 Å². The van der Waals surface area contributed by atoms with Crippen molar-refractivity contribution in [1.29, 1.82) is 0 Å². The lowest BCUT2D eigenvalue weighted by Crippen LogP contribution is -2.25. The first-order valence-electron chi connectivity index (χ1n) is 4.59. The van der Waals surface area contributed by atoms with Crippen molar-refractivity contribution in [3.8, 4) is 0 Å². The molecular formula is C9H11BO6. The first kappa shape index (κ1) is 12.3. The van der Waals surface area contributed by atoms with Crippen LogP contribution in [0.25, 0.3) is 0 Å². The van der Waals surface area contributed by atoms with E-state index in [1.54, 1.807) is 20.8 Å². The second kappa shape index (κ2) is 4.38. The standard InChI is InChI=1S/C9H11BO6/c1-9(2,3)6(4-5-11)14-10-15-7(12)8(13)16-10/h4-5H,1-3H3. The Hall–Kier alpha value is -1.79. The molecule has 0 bridgehead atoms. The summed E-state index contributed by atoms with van der Waals surface area (Å²) in [6.07, 6.45) is 1.72. The molecule has 1 aliphatic heterocycles. The van der Waals surface area contributed by atoms with Gasteiger partial charge >= 0.3 is 19.3 Å². The van der Waals surface area contributed by atoms with Crippen LogP contribution in [-0.4, -0.2) is 25.5 Å². The summed E-state index contributed by atoms with van der Waals surface area (Å²) < 4.78 is 14.0. The molecule has 0 radical (unpaired) electrons. The third-order valence-electron chi connectivity index (χ3n) is 1.75. The first-order chi connectivity index (χ1) is 7.34. The van der Waals surface area contributed by atoms with E-state index in [-0.39, 0.29) is 5.76 Å². The number of hydrogen-bond acceptors (Lipinski definition) is 6. The van der Waals surface area contributed by atoms with Gasteiger partial charge in [-0.05, 0) is 0 Å². The van der Waals surface area contributed by atoms with Crippen LogP contribution in [-0.2, 0) is 28.3 Å². The molecule has 1 heterocycles. The predicted molar refractivity (Wildman–Crippen MR) is 52.6 cm³/mol. The summed E-state index contributed by atoms with van der Waals surface area (Å²) in [6, 6.07) is 0. The highest BCUT2D eigenvalue weighted by Gasteiger charge is 2.47. The second-order valence-electron chi connectivity index (χ2n) is 4.13. The molecule has 1 aliphatic rings. The Morgan fingerprint density at radius 3 is 2.12 bits per heavy atom. The van der Waals surface area contributed by atoms with Crippen LogP contribution >= 0.6 is 0 Å². The van der Waals surface area contributed by atoms with E-state index < -0.39 is 24.7 Å². The van der Waals surface area contributed by atoms with Crippen molar-refractivity contribution in [2.75, 3.05) is 0 Å². The highest BCUT2D eigenvalue weighted by Crippen LogP contribution is 2.27. The predicted octanol–water partition coefficient (Wildman–Crippen LogP) is 0.217. The molecule has 6 nitrogen and oxygen atoms in total. The molecule has 0 spiro atoms. The quantitative estimate of drug-likeness (QED) is 0.225. The number of carbonyl (C=O) groups excluding carboxylic acids is 3. The smallest absolute Gasteiger partial charge is 0.493 e. The van der Waals surface area contributed by atoms with Crippen LogP contribution in [0.15, 0.2) is 11.8 Å². The average Bonchev–Trinajstić information content (AvgIpc) is 2.44. The molecular weight excluding hydrogens is 215 g/mol. The van der Waals surface area contributed by atoms with Crippen molar-refractivity contribution in [3.05, 3.63) is 11.8 Å². The first-order valence-corrected chi connectivity index (χ1v) is 4.59. The fourth-order valence-corrected chi connectivity index (χ4v) is 0.975. The van der Waals surface area contributed by atoms with Gasteiger partial charge in [-0.2, -0.15) is 0 Å². The molecule has 0 unspecified atom stereocenters. The van der Waals surface area contributed by atoms with Crippen LogP contribution in [0.2, 0.25) is 0 Å². The molecule has 0 amide bonds. The van der Waals surface area contributed by atoms with E-state index in [2.05, 4.69) is 9.31 Å². The molecule has 86 valence electrons. The molecule has 0 atom stereocenters. The Bertz CT molecular complexity index is 338. The van der Waals surface area contributed by atoms with E-state index in [1.165, 1.54) is 6.08 Å². The van der Waals surface area contributed by atoms with Gasteiger partial charge in [-0.1, -0.05) is 20.8 Å². The van der Waals surface area contributed by atoms with Crippen LogP contribution in [0, 0.1) is 5.41 Å². The van der Waals surface area contributed by atoms with Crippen LogP contribution < -0.4 is 0 Å². The van der Waals surface area contributed by atoms with Crippen molar-refractivity contribution in [3.63, 3.8) is 0 Å². The molecule has 0 aromatic carbocycles. The number of carbonyl (C=O) groups is 3. The minimum absolute atomic E-state index is 0.259. The lowest BCUT2D eigenvalue weighted by molar-refractivity contribution is -0.150. The minimum atomic E-state index is -1.41. The Balaban J connectivity index is 2.72. The second-order valence-corrected chi connectivity index (χ2v) is 4.13. The van der Waals surface area contributed by atoms with E-state index in [0.29, 0.717) is 6.29 Å². The minimum Gasteiger partial charge on any atom is -0.493 e. The number of allylic oxidation sites excluding steroid dienone is 2. The maximum absolute atomic E-state index is 10.7. The number of hydrogen-bond donors (Lipinski definition) is 0. The molecule has 16 heavy (non-hydrogen) atoms. The summed E-state index contributed by atoms with van der Waals surface area (Å²) in [5, 5.41) is 0.